The Bertz CT molecular complexity index is 510. The summed E-state index contributed by atoms with van der Waals surface area (Å²) in [6.45, 7) is 4.22. The molecule has 1 aromatic rings. The number of anilines is 1. The maximum atomic E-state index is 12.5. The molecule has 1 aromatic carbocycles. The Kier molecular flexibility index (Phi) is 4.03. The smallest absolute Gasteiger partial charge is 0.179 e. The van der Waals surface area contributed by atoms with Crippen LogP contribution in [0, 0.1) is 17.8 Å². The van der Waals surface area contributed by atoms with Crippen molar-refractivity contribution >= 4 is 11.5 Å². The lowest BCUT2D eigenvalue weighted by molar-refractivity contribution is 0.0934. The molecular formula is C18H26N2O. The lowest BCUT2D eigenvalue weighted by Crippen LogP contribution is -2.44. The van der Waals surface area contributed by atoms with Gasteiger partial charge in [-0.3, -0.25) is 4.79 Å². The van der Waals surface area contributed by atoms with E-state index in [9.17, 15) is 4.79 Å². The van der Waals surface area contributed by atoms with Gasteiger partial charge in [0.25, 0.3) is 0 Å². The molecular weight excluding hydrogens is 260 g/mol. The number of fused-ring (bicyclic) bond motifs is 2. The number of nitrogen functional groups attached to an aromatic ring is 1. The number of ketones is 1. The molecule has 5 atom stereocenters. The molecule has 2 aliphatic rings. The van der Waals surface area contributed by atoms with Crippen LogP contribution in [0.15, 0.2) is 24.3 Å². The van der Waals surface area contributed by atoms with Gasteiger partial charge in [-0.15, -0.1) is 0 Å². The summed E-state index contributed by atoms with van der Waals surface area (Å²) in [5.74, 6) is 2.75. The van der Waals surface area contributed by atoms with Crippen LogP contribution in [0.2, 0.25) is 0 Å². The summed E-state index contributed by atoms with van der Waals surface area (Å²) < 4.78 is 0. The second-order valence-electron chi connectivity index (χ2n) is 7.00. The van der Waals surface area contributed by atoms with Crippen molar-refractivity contribution in [3.8, 4) is 0 Å². The van der Waals surface area contributed by atoms with Gasteiger partial charge < -0.3 is 11.1 Å². The molecule has 0 aliphatic heterocycles. The van der Waals surface area contributed by atoms with Crippen molar-refractivity contribution in [3.05, 3.63) is 29.8 Å². The summed E-state index contributed by atoms with van der Waals surface area (Å²) >= 11 is 0. The van der Waals surface area contributed by atoms with Gasteiger partial charge in [-0.2, -0.15) is 0 Å². The van der Waals surface area contributed by atoms with Crippen molar-refractivity contribution in [2.24, 2.45) is 17.8 Å². The molecule has 0 aromatic heterocycles. The van der Waals surface area contributed by atoms with Crippen molar-refractivity contribution in [1.82, 2.24) is 5.32 Å². The zero-order chi connectivity index (χ0) is 15.0. The van der Waals surface area contributed by atoms with Crippen molar-refractivity contribution in [2.75, 3.05) is 5.73 Å². The molecule has 21 heavy (non-hydrogen) atoms. The molecule has 0 spiro atoms. The van der Waals surface area contributed by atoms with Gasteiger partial charge in [-0.25, -0.2) is 0 Å². The molecule has 2 fully saturated rings. The Morgan fingerprint density at radius 2 is 1.90 bits per heavy atom. The number of rotatable bonds is 5. The fraction of sp³-hybridized carbons (Fsp3) is 0.611. The molecule has 3 rings (SSSR count). The SMILES string of the molecule is CC(NC(C)C1CC2CCC1C2)C(=O)c1ccc(N)cc1. The number of benzene rings is 1. The molecule has 2 saturated carbocycles. The minimum Gasteiger partial charge on any atom is -0.399 e. The second kappa shape index (κ2) is 5.80. The topological polar surface area (TPSA) is 55.1 Å². The quantitative estimate of drug-likeness (QED) is 0.645. The predicted molar refractivity (Wildman–Crippen MR) is 86.2 cm³/mol. The largest absolute Gasteiger partial charge is 0.399 e. The number of hydrogen-bond acceptors (Lipinski definition) is 3. The maximum absolute atomic E-state index is 12.5. The average molecular weight is 286 g/mol. The number of nitrogens with two attached hydrogens (primary N) is 1. The van der Waals surface area contributed by atoms with Gasteiger partial charge in [0.05, 0.1) is 6.04 Å². The molecule has 3 N–H and O–H groups in total. The van der Waals surface area contributed by atoms with Crippen LogP contribution in [0.25, 0.3) is 0 Å². The van der Waals surface area contributed by atoms with Crippen LogP contribution in [0.4, 0.5) is 5.69 Å². The van der Waals surface area contributed by atoms with E-state index in [0.717, 1.165) is 23.3 Å². The lowest BCUT2D eigenvalue weighted by Gasteiger charge is -2.30. The van der Waals surface area contributed by atoms with E-state index in [-0.39, 0.29) is 11.8 Å². The Morgan fingerprint density at radius 3 is 2.48 bits per heavy atom. The van der Waals surface area contributed by atoms with Crippen LogP contribution in [0.3, 0.4) is 0 Å². The van der Waals surface area contributed by atoms with Crippen LogP contribution in [-0.2, 0) is 0 Å². The van der Waals surface area contributed by atoms with E-state index < -0.39 is 0 Å². The number of carbonyl (C=O) groups is 1. The maximum Gasteiger partial charge on any atom is 0.179 e. The van der Waals surface area contributed by atoms with Gasteiger partial charge in [0.1, 0.15) is 0 Å². The van der Waals surface area contributed by atoms with Gasteiger partial charge in [0.2, 0.25) is 0 Å². The highest BCUT2D eigenvalue weighted by Gasteiger charge is 2.42. The second-order valence-corrected chi connectivity index (χ2v) is 7.00. The number of Topliss-reactive ketones (excluding diaryl/α,β-unsaturated/α-hetero) is 1. The van der Waals surface area contributed by atoms with E-state index in [1.807, 2.05) is 19.1 Å². The van der Waals surface area contributed by atoms with E-state index in [1.54, 1.807) is 12.1 Å². The fourth-order valence-electron chi connectivity index (χ4n) is 4.40. The zero-order valence-corrected chi connectivity index (χ0v) is 13.0. The van der Waals surface area contributed by atoms with E-state index in [2.05, 4.69) is 12.2 Å². The Hall–Kier alpha value is -1.35. The first kappa shape index (κ1) is 14.6. The lowest BCUT2D eigenvalue weighted by atomic mass is 9.83. The number of hydrogen-bond donors (Lipinski definition) is 2. The minimum atomic E-state index is -0.136. The van der Waals surface area contributed by atoms with Crippen LogP contribution in [-0.4, -0.2) is 17.9 Å². The van der Waals surface area contributed by atoms with Gasteiger partial charge >= 0.3 is 0 Å². The van der Waals surface area contributed by atoms with Crippen molar-refractivity contribution < 1.29 is 4.79 Å². The molecule has 114 valence electrons. The normalized spacial score (nSPS) is 30.3. The summed E-state index contributed by atoms with van der Waals surface area (Å²) in [5, 5.41) is 3.54. The molecule has 0 saturated heterocycles. The van der Waals surface area contributed by atoms with Crippen LogP contribution in [0.5, 0.6) is 0 Å². The third-order valence-electron chi connectivity index (χ3n) is 5.54. The highest BCUT2D eigenvalue weighted by Crippen LogP contribution is 2.49. The summed E-state index contributed by atoms with van der Waals surface area (Å²) in [6.07, 6.45) is 5.58. The third-order valence-corrected chi connectivity index (χ3v) is 5.54. The summed E-state index contributed by atoms with van der Waals surface area (Å²) in [6, 6.07) is 7.50. The first-order valence-electron chi connectivity index (χ1n) is 8.20. The van der Waals surface area contributed by atoms with Crippen LogP contribution >= 0.6 is 0 Å². The predicted octanol–water partition coefficient (Wildman–Crippen LogP) is 3.25. The number of carbonyl (C=O) groups excluding carboxylic acids is 1. The Balaban J connectivity index is 1.59. The van der Waals surface area contributed by atoms with Crippen molar-refractivity contribution in [3.63, 3.8) is 0 Å². The summed E-state index contributed by atoms with van der Waals surface area (Å²) in [5.41, 5.74) is 7.11. The van der Waals surface area contributed by atoms with Crippen molar-refractivity contribution in [2.45, 2.75) is 51.6 Å². The molecule has 5 unspecified atom stereocenters. The summed E-state index contributed by atoms with van der Waals surface area (Å²) in [7, 11) is 0. The van der Waals surface area contributed by atoms with E-state index in [1.165, 1.54) is 25.7 Å². The fourth-order valence-corrected chi connectivity index (χ4v) is 4.40. The monoisotopic (exact) mass is 286 g/mol. The van der Waals surface area contributed by atoms with Crippen LogP contribution in [0.1, 0.15) is 49.9 Å². The molecule has 2 aliphatic carbocycles. The molecule has 0 heterocycles. The first-order valence-corrected chi connectivity index (χ1v) is 8.20. The third kappa shape index (κ3) is 2.98. The van der Waals surface area contributed by atoms with E-state index >= 15 is 0 Å². The van der Waals surface area contributed by atoms with Crippen LogP contribution < -0.4 is 11.1 Å². The van der Waals surface area contributed by atoms with Gasteiger partial charge in [-0.1, -0.05) is 6.42 Å². The molecule has 2 bridgehead atoms. The van der Waals surface area contributed by atoms with Gasteiger partial charge in [-0.05, 0) is 75.1 Å². The Labute approximate surface area is 127 Å². The molecule has 3 nitrogen and oxygen atoms in total. The molecule has 3 heteroatoms. The first-order chi connectivity index (χ1) is 10.0. The zero-order valence-electron chi connectivity index (χ0n) is 13.0. The number of nitrogens with one attached hydrogen (secondary N) is 1. The van der Waals surface area contributed by atoms with Gasteiger partial charge in [0.15, 0.2) is 5.78 Å². The van der Waals surface area contributed by atoms with E-state index in [0.29, 0.717) is 11.7 Å². The van der Waals surface area contributed by atoms with Gasteiger partial charge in [0, 0.05) is 17.3 Å². The summed E-state index contributed by atoms with van der Waals surface area (Å²) in [4.78, 5) is 12.5. The van der Waals surface area contributed by atoms with E-state index in [4.69, 9.17) is 5.73 Å². The molecule has 0 radical (unpaired) electrons. The highest BCUT2D eigenvalue weighted by molar-refractivity contribution is 6.00. The van der Waals surface area contributed by atoms with Crippen molar-refractivity contribution in [1.29, 1.82) is 0 Å². The molecule has 0 amide bonds. The average Bonchev–Trinajstić information content (AvgIpc) is 3.10. The highest BCUT2D eigenvalue weighted by atomic mass is 16.1. The Morgan fingerprint density at radius 1 is 1.19 bits per heavy atom. The standard InChI is InChI=1S/C18H26N2O/c1-11(17-10-13-3-4-15(17)9-13)20-12(2)18(21)14-5-7-16(19)8-6-14/h5-8,11-13,15,17,20H,3-4,9-10,19H2,1-2H3. The minimum absolute atomic E-state index is 0.136.